The van der Waals surface area contributed by atoms with Crippen LogP contribution in [0.25, 0.3) is 16.6 Å². The van der Waals surface area contributed by atoms with Gasteiger partial charge in [-0.05, 0) is 47.2 Å². The largest absolute Gasteiger partial charge is 0.268 e. The standard InChI is InChI=1S/C26H26N2OS/c1-18-9-5-8-12-23(18)28-24(29)21-10-6-7-11-22(21)27-25(28)30-17-19-13-15-20(16-14-19)26(2,3)4/h5-16H,17H2,1-4H3. The predicted molar refractivity (Wildman–Crippen MR) is 127 cm³/mol. The molecule has 1 heterocycles. The third-order valence-electron chi connectivity index (χ3n) is 5.29. The number of rotatable bonds is 4. The van der Waals surface area contributed by atoms with Gasteiger partial charge >= 0.3 is 0 Å². The number of aryl methyl sites for hydroxylation is 1. The Labute approximate surface area is 181 Å². The molecule has 0 radical (unpaired) electrons. The molecule has 0 fully saturated rings. The van der Waals surface area contributed by atoms with Crippen molar-refractivity contribution in [1.82, 2.24) is 9.55 Å². The highest BCUT2D eigenvalue weighted by molar-refractivity contribution is 7.98. The Bertz CT molecular complexity index is 1250. The number of para-hydroxylation sites is 2. The Balaban J connectivity index is 1.75. The maximum absolute atomic E-state index is 13.4. The molecule has 4 heteroatoms. The molecule has 3 aromatic carbocycles. The highest BCUT2D eigenvalue weighted by Crippen LogP contribution is 2.27. The fourth-order valence-electron chi connectivity index (χ4n) is 3.48. The molecule has 0 saturated carbocycles. The summed E-state index contributed by atoms with van der Waals surface area (Å²) >= 11 is 1.60. The zero-order valence-electron chi connectivity index (χ0n) is 17.8. The minimum atomic E-state index is -0.0273. The average Bonchev–Trinajstić information content (AvgIpc) is 2.73. The van der Waals surface area contributed by atoms with Gasteiger partial charge in [-0.2, -0.15) is 0 Å². The highest BCUT2D eigenvalue weighted by atomic mass is 32.2. The molecule has 0 saturated heterocycles. The van der Waals surface area contributed by atoms with Crippen molar-refractivity contribution < 1.29 is 0 Å². The topological polar surface area (TPSA) is 34.9 Å². The van der Waals surface area contributed by atoms with Gasteiger partial charge in [0.15, 0.2) is 5.16 Å². The summed E-state index contributed by atoms with van der Waals surface area (Å²) in [5, 5.41) is 1.35. The molecule has 0 spiro atoms. The molecule has 30 heavy (non-hydrogen) atoms. The fourth-order valence-corrected chi connectivity index (χ4v) is 4.45. The van der Waals surface area contributed by atoms with E-state index in [9.17, 15) is 4.79 Å². The van der Waals surface area contributed by atoms with Gasteiger partial charge in [-0.3, -0.25) is 9.36 Å². The van der Waals surface area contributed by atoms with Gasteiger partial charge in [-0.25, -0.2) is 4.98 Å². The van der Waals surface area contributed by atoms with Crippen molar-refractivity contribution in [2.24, 2.45) is 0 Å². The molecular formula is C26H26N2OS. The van der Waals surface area contributed by atoms with Crippen LogP contribution in [0.5, 0.6) is 0 Å². The van der Waals surface area contributed by atoms with E-state index in [1.165, 1.54) is 11.1 Å². The molecule has 4 aromatic rings. The van der Waals surface area contributed by atoms with Crippen molar-refractivity contribution in [3.8, 4) is 5.69 Å². The second kappa shape index (κ2) is 8.11. The number of benzene rings is 3. The SMILES string of the molecule is Cc1ccccc1-n1c(SCc2ccc(C(C)(C)C)cc2)nc2ccccc2c1=O. The number of aromatic nitrogens is 2. The molecule has 3 nitrogen and oxygen atoms in total. The molecule has 0 aliphatic rings. The van der Waals surface area contributed by atoms with Crippen LogP contribution in [0.1, 0.15) is 37.5 Å². The van der Waals surface area contributed by atoms with Crippen LogP contribution in [-0.4, -0.2) is 9.55 Å². The van der Waals surface area contributed by atoms with Gasteiger partial charge in [0.1, 0.15) is 0 Å². The predicted octanol–water partition coefficient (Wildman–Crippen LogP) is 6.28. The lowest BCUT2D eigenvalue weighted by Crippen LogP contribution is -2.22. The first-order chi connectivity index (χ1) is 14.3. The third kappa shape index (κ3) is 4.05. The molecule has 0 aliphatic carbocycles. The minimum Gasteiger partial charge on any atom is -0.268 e. The summed E-state index contributed by atoms with van der Waals surface area (Å²) in [5.41, 5.74) is 5.30. The van der Waals surface area contributed by atoms with Gasteiger partial charge in [-0.1, -0.05) is 87.1 Å². The first kappa shape index (κ1) is 20.4. The maximum atomic E-state index is 13.4. The van der Waals surface area contributed by atoms with Crippen LogP contribution in [0.3, 0.4) is 0 Å². The zero-order valence-corrected chi connectivity index (χ0v) is 18.7. The van der Waals surface area contributed by atoms with E-state index in [1.54, 1.807) is 16.3 Å². The average molecular weight is 415 g/mol. The molecule has 0 aliphatic heterocycles. The van der Waals surface area contributed by atoms with E-state index in [2.05, 4.69) is 45.0 Å². The van der Waals surface area contributed by atoms with E-state index >= 15 is 0 Å². The summed E-state index contributed by atoms with van der Waals surface area (Å²) in [7, 11) is 0. The highest BCUT2D eigenvalue weighted by Gasteiger charge is 2.16. The van der Waals surface area contributed by atoms with E-state index < -0.39 is 0 Å². The minimum absolute atomic E-state index is 0.0273. The molecule has 0 N–H and O–H groups in total. The number of nitrogens with zero attached hydrogens (tertiary/aromatic N) is 2. The Morgan fingerprint density at radius 2 is 1.57 bits per heavy atom. The molecule has 1 aromatic heterocycles. The summed E-state index contributed by atoms with van der Waals surface area (Å²) in [6, 6.07) is 24.2. The molecule has 0 bridgehead atoms. The van der Waals surface area contributed by atoms with Gasteiger partial charge in [0.25, 0.3) is 5.56 Å². The number of fused-ring (bicyclic) bond motifs is 1. The van der Waals surface area contributed by atoms with Crippen LogP contribution in [0.2, 0.25) is 0 Å². The van der Waals surface area contributed by atoms with Crippen LogP contribution >= 0.6 is 11.8 Å². The van der Waals surface area contributed by atoms with E-state index in [-0.39, 0.29) is 11.0 Å². The second-order valence-electron chi connectivity index (χ2n) is 8.57. The van der Waals surface area contributed by atoms with Crippen molar-refractivity contribution in [3.05, 3.63) is 99.8 Å². The maximum Gasteiger partial charge on any atom is 0.266 e. The van der Waals surface area contributed by atoms with Crippen LogP contribution in [0.15, 0.2) is 82.7 Å². The number of hydrogen-bond acceptors (Lipinski definition) is 3. The van der Waals surface area contributed by atoms with Gasteiger partial charge in [-0.15, -0.1) is 0 Å². The van der Waals surface area contributed by atoms with Gasteiger partial charge in [0.2, 0.25) is 0 Å². The van der Waals surface area contributed by atoms with Crippen LogP contribution < -0.4 is 5.56 Å². The summed E-state index contributed by atoms with van der Waals surface area (Å²) in [6.45, 7) is 8.68. The molecule has 4 rings (SSSR count). The Hall–Kier alpha value is -2.85. The van der Waals surface area contributed by atoms with E-state index in [0.717, 1.165) is 22.5 Å². The summed E-state index contributed by atoms with van der Waals surface area (Å²) in [5.74, 6) is 0.751. The van der Waals surface area contributed by atoms with Crippen molar-refractivity contribution in [3.63, 3.8) is 0 Å². The Kier molecular flexibility index (Phi) is 5.52. The summed E-state index contributed by atoms with van der Waals surface area (Å²) in [4.78, 5) is 18.2. The first-order valence-electron chi connectivity index (χ1n) is 10.1. The van der Waals surface area contributed by atoms with Crippen LogP contribution in [0.4, 0.5) is 0 Å². The van der Waals surface area contributed by atoms with Crippen molar-refractivity contribution in [2.45, 2.75) is 44.0 Å². The molecule has 0 unspecified atom stereocenters. The Morgan fingerprint density at radius 1 is 0.900 bits per heavy atom. The lowest BCUT2D eigenvalue weighted by Gasteiger charge is -2.19. The van der Waals surface area contributed by atoms with E-state index in [1.807, 2.05) is 55.5 Å². The van der Waals surface area contributed by atoms with Crippen LogP contribution in [-0.2, 0) is 11.2 Å². The lowest BCUT2D eigenvalue weighted by molar-refractivity contribution is 0.590. The fraction of sp³-hybridized carbons (Fsp3) is 0.231. The van der Waals surface area contributed by atoms with E-state index in [4.69, 9.17) is 4.98 Å². The monoisotopic (exact) mass is 414 g/mol. The molecule has 0 amide bonds. The van der Waals surface area contributed by atoms with Crippen molar-refractivity contribution in [2.75, 3.05) is 0 Å². The quantitative estimate of drug-likeness (QED) is 0.291. The van der Waals surface area contributed by atoms with E-state index in [0.29, 0.717) is 10.5 Å². The Morgan fingerprint density at radius 3 is 2.27 bits per heavy atom. The van der Waals surface area contributed by atoms with Crippen LogP contribution in [0, 0.1) is 6.92 Å². The number of thioether (sulfide) groups is 1. The smallest absolute Gasteiger partial charge is 0.266 e. The molecule has 152 valence electrons. The zero-order chi connectivity index (χ0) is 21.3. The van der Waals surface area contributed by atoms with Crippen molar-refractivity contribution in [1.29, 1.82) is 0 Å². The molecule has 0 atom stereocenters. The first-order valence-corrected chi connectivity index (χ1v) is 11.1. The normalized spacial score (nSPS) is 11.7. The summed E-state index contributed by atoms with van der Waals surface area (Å²) < 4.78 is 1.76. The molecular weight excluding hydrogens is 388 g/mol. The van der Waals surface area contributed by atoms with Crippen molar-refractivity contribution >= 4 is 22.7 Å². The lowest BCUT2D eigenvalue weighted by atomic mass is 9.87. The summed E-state index contributed by atoms with van der Waals surface area (Å²) in [6.07, 6.45) is 0. The second-order valence-corrected chi connectivity index (χ2v) is 9.52. The van der Waals surface area contributed by atoms with Gasteiger partial charge < -0.3 is 0 Å². The number of hydrogen-bond donors (Lipinski definition) is 0. The van der Waals surface area contributed by atoms with Gasteiger partial charge in [0.05, 0.1) is 16.6 Å². The van der Waals surface area contributed by atoms with Gasteiger partial charge in [0, 0.05) is 5.75 Å². The third-order valence-corrected chi connectivity index (χ3v) is 6.30.